The molecule has 0 saturated heterocycles. The van der Waals surface area contributed by atoms with Crippen molar-refractivity contribution in [2.24, 2.45) is 11.8 Å². The van der Waals surface area contributed by atoms with Crippen LogP contribution in [0.2, 0.25) is 0 Å². The Morgan fingerprint density at radius 1 is 1.47 bits per heavy atom. The maximum absolute atomic E-state index is 5.68. The van der Waals surface area contributed by atoms with Gasteiger partial charge in [0.15, 0.2) is 0 Å². The lowest BCUT2D eigenvalue weighted by molar-refractivity contribution is 0.0385. The average Bonchev–Trinajstić information content (AvgIpc) is 3.02. The van der Waals surface area contributed by atoms with E-state index in [0.29, 0.717) is 30.3 Å². The van der Waals surface area contributed by atoms with E-state index in [1.807, 2.05) is 6.92 Å². The second-order valence-corrected chi connectivity index (χ2v) is 4.95. The molecule has 96 valence electrons. The highest BCUT2D eigenvalue weighted by Gasteiger charge is 2.36. The van der Waals surface area contributed by atoms with Crippen LogP contribution in [0.25, 0.3) is 0 Å². The number of hydrogen-bond donors (Lipinski definition) is 1. The zero-order valence-corrected chi connectivity index (χ0v) is 10.8. The van der Waals surface area contributed by atoms with Gasteiger partial charge in [-0.2, -0.15) is 4.98 Å². The van der Waals surface area contributed by atoms with Crippen LogP contribution in [0.1, 0.15) is 45.5 Å². The van der Waals surface area contributed by atoms with Gasteiger partial charge in [0.25, 0.3) is 0 Å². The zero-order chi connectivity index (χ0) is 12.3. The number of anilines is 1. The Morgan fingerprint density at radius 2 is 2.24 bits per heavy atom. The van der Waals surface area contributed by atoms with Gasteiger partial charge in [-0.3, -0.25) is 0 Å². The predicted molar refractivity (Wildman–Crippen MR) is 64.7 cm³/mol. The Kier molecular flexibility index (Phi) is 3.99. The minimum atomic E-state index is 0.0124. The summed E-state index contributed by atoms with van der Waals surface area (Å²) in [7, 11) is 0. The van der Waals surface area contributed by atoms with E-state index in [0.717, 1.165) is 6.54 Å². The predicted octanol–water partition coefficient (Wildman–Crippen LogP) is 2.63. The zero-order valence-electron chi connectivity index (χ0n) is 10.8. The largest absolute Gasteiger partial charge is 0.370 e. The molecule has 2 rings (SSSR count). The van der Waals surface area contributed by atoms with Crippen LogP contribution >= 0.6 is 0 Å². The second-order valence-electron chi connectivity index (χ2n) is 4.95. The molecule has 1 heterocycles. The number of nitrogens with one attached hydrogen (secondary N) is 1. The lowest BCUT2D eigenvalue weighted by atomic mass is 10.2. The van der Waals surface area contributed by atoms with Gasteiger partial charge < -0.3 is 14.6 Å². The van der Waals surface area contributed by atoms with Crippen LogP contribution in [0, 0.1) is 11.8 Å². The molecule has 1 fully saturated rings. The van der Waals surface area contributed by atoms with E-state index in [1.165, 1.54) is 12.8 Å². The minimum Gasteiger partial charge on any atom is -0.370 e. The molecule has 1 saturated carbocycles. The van der Waals surface area contributed by atoms with Gasteiger partial charge in [-0.25, -0.2) is 0 Å². The standard InChI is InChI=1S/C12H21N3O2/c1-4-16-10(9-5-6-9)11-14-12(17-15-11)13-7-8(2)3/h8-10H,4-7H2,1-3H3,(H,13,14,15). The van der Waals surface area contributed by atoms with E-state index in [1.54, 1.807) is 0 Å². The molecular weight excluding hydrogens is 218 g/mol. The van der Waals surface area contributed by atoms with Crippen molar-refractivity contribution in [3.05, 3.63) is 5.82 Å². The molecule has 0 aliphatic heterocycles. The van der Waals surface area contributed by atoms with Gasteiger partial charge in [-0.05, 0) is 31.6 Å². The topological polar surface area (TPSA) is 60.2 Å². The summed E-state index contributed by atoms with van der Waals surface area (Å²) in [5.74, 6) is 1.81. The van der Waals surface area contributed by atoms with Gasteiger partial charge in [0, 0.05) is 13.2 Å². The lowest BCUT2D eigenvalue weighted by Gasteiger charge is -2.11. The molecule has 0 amide bonds. The second kappa shape index (κ2) is 5.49. The maximum Gasteiger partial charge on any atom is 0.321 e. The summed E-state index contributed by atoms with van der Waals surface area (Å²) in [6.45, 7) is 7.79. The SMILES string of the molecule is CCOC(c1noc(NCC(C)C)n1)C1CC1. The summed E-state index contributed by atoms with van der Waals surface area (Å²) in [6.07, 6.45) is 2.42. The summed E-state index contributed by atoms with van der Waals surface area (Å²) < 4.78 is 10.8. The highest BCUT2D eigenvalue weighted by atomic mass is 16.5. The Labute approximate surface area is 102 Å². The summed E-state index contributed by atoms with van der Waals surface area (Å²) >= 11 is 0. The van der Waals surface area contributed by atoms with Crippen LogP contribution in [0.5, 0.6) is 0 Å². The van der Waals surface area contributed by atoms with E-state index >= 15 is 0 Å². The molecule has 5 nitrogen and oxygen atoms in total. The molecular formula is C12H21N3O2. The van der Waals surface area contributed by atoms with Crippen LogP contribution in [0.4, 0.5) is 6.01 Å². The molecule has 5 heteroatoms. The maximum atomic E-state index is 5.68. The average molecular weight is 239 g/mol. The third kappa shape index (κ3) is 3.43. The Morgan fingerprint density at radius 3 is 2.82 bits per heavy atom. The first kappa shape index (κ1) is 12.4. The summed E-state index contributed by atoms with van der Waals surface area (Å²) in [5.41, 5.74) is 0. The number of rotatable bonds is 7. The van der Waals surface area contributed by atoms with Crippen molar-refractivity contribution in [1.29, 1.82) is 0 Å². The van der Waals surface area contributed by atoms with Gasteiger partial charge in [-0.15, -0.1) is 0 Å². The molecule has 1 aliphatic rings. The fraction of sp³-hybridized carbons (Fsp3) is 0.833. The number of nitrogens with zero attached hydrogens (tertiary/aromatic N) is 2. The van der Waals surface area contributed by atoms with Crippen molar-refractivity contribution in [1.82, 2.24) is 10.1 Å². The van der Waals surface area contributed by atoms with Gasteiger partial charge >= 0.3 is 6.01 Å². The van der Waals surface area contributed by atoms with Gasteiger partial charge in [-0.1, -0.05) is 19.0 Å². The Balaban J connectivity index is 1.95. The van der Waals surface area contributed by atoms with Crippen molar-refractivity contribution < 1.29 is 9.26 Å². The fourth-order valence-corrected chi connectivity index (χ4v) is 1.71. The fourth-order valence-electron chi connectivity index (χ4n) is 1.71. The molecule has 0 aromatic carbocycles. The number of aromatic nitrogens is 2. The van der Waals surface area contributed by atoms with E-state index in [2.05, 4.69) is 29.3 Å². The summed E-state index contributed by atoms with van der Waals surface area (Å²) in [5, 5.41) is 7.13. The number of hydrogen-bond acceptors (Lipinski definition) is 5. The first-order valence-corrected chi connectivity index (χ1v) is 6.39. The first-order valence-electron chi connectivity index (χ1n) is 6.39. The molecule has 17 heavy (non-hydrogen) atoms. The number of ether oxygens (including phenoxy) is 1. The first-order chi connectivity index (χ1) is 8.20. The van der Waals surface area contributed by atoms with Gasteiger partial charge in [0.05, 0.1) is 0 Å². The van der Waals surface area contributed by atoms with Gasteiger partial charge in [0.2, 0.25) is 5.82 Å². The molecule has 1 aromatic rings. The molecule has 1 unspecified atom stereocenters. The molecule has 1 N–H and O–H groups in total. The van der Waals surface area contributed by atoms with E-state index < -0.39 is 0 Å². The highest BCUT2D eigenvalue weighted by Crippen LogP contribution is 2.42. The van der Waals surface area contributed by atoms with E-state index in [4.69, 9.17) is 9.26 Å². The van der Waals surface area contributed by atoms with Crippen molar-refractivity contribution in [3.63, 3.8) is 0 Å². The van der Waals surface area contributed by atoms with Gasteiger partial charge in [0.1, 0.15) is 6.10 Å². The summed E-state index contributed by atoms with van der Waals surface area (Å²) in [4.78, 5) is 4.35. The smallest absolute Gasteiger partial charge is 0.321 e. The van der Waals surface area contributed by atoms with E-state index in [-0.39, 0.29) is 6.10 Å². The quantitative estimate of drug-likeness (QED) is 0.792. The Hall–Kier alpha value is -1.10. The third-order valence-corrected chi connectivity index (χ3v) is 2.75. The van der Waals surface area contributed by atoms with Crippen molar-refractivity contribution >= 4 is 6.01 Å². The normalized spacial score (nSPS) is 17.4. The third-order valence-electron chi connectivity index (χ3n) is 2.75. The molecule has 1 aromatic heterocycles. The van der Waals surface area contributed by atoms with Crippen LogP contribution in [-0.2, 0) is 4.74 Å². The van der Waals surface area contributed by atoms with Crippen molar-refractivity contribution in [2.75, 3.05) is 18.5 Å². The van der Waals surface area contributed by atoms with Crippen molar-refractivity contribution in [2.45, 2.75) is 39.7 Å². The van der Waals surface area contributed by atoms with Crippen LogP contribution in [0.3, 0.4) is 0 Å². The lowest BCUT2D eigenvalue weighted by Crippen LogP contribution is -2.10. The molecule has 1 atom stereocenters. The van der Waals surface area contributed by atoms with Crippen LogP contribution < -0.4 is 5.32 Å². The van der Waals surface area contributed by atoms with Crippen LogP contribution in [0.15, 0.2) is 4.52 Å². The molecule has 1 aliphatic carbocycles. The van der Waals surface area contributed by atoms with E-state index in [9.17, 15) is 0 Å². The molecule has 0 spiro atoms. The Bertz CT molecular complexity index is 347. The molecule has 0 bridgehead atoms. The monoisotopic (exact) mass is 239 g/mol. The van der Waals surface area contributed by atoms with Crippen molar-refractivity contribution in [3.8, 4) is 0 Å². The minimum absolute atomic E-state index is 0.0124. The summed E-state index contributed by atoms with van der Waals surface area (Å²) in [6, 6.07) is 0.499. The van der Waals surface area contributed by atoms with Crippen LogP contribution in [-0.4, -0.2) is 23.3 Å². The highest BCUT2D eigenvalue weighted by molar-refractivity contribution is 5.19. The molecule has 0 radical (unpaired) electrons.